The van der Waals surface area contributed by atoms with E-state index in [1.165, 1.54) is 11.0 Å². The Kier molecular flexibility index (Phi) is 5.92. The smallest absolute Gasteiger partial charge is 0.273 e. The van der Waals surface area contributed by atoms with Gasteiger partial charge in [0.2, 0.25) is 0 Å². The molecular weight excluding hydrogens is 308 g/mol. The number of carbonyl (C=O) groups is 1. The highest BCUT2D eigenvalue weighted by Gasteiger charge is 2.15. The average molecular weight is 330 g/mol. The molecule has 1 aromatic heterocycles. The van der Waals surface area contributed by atoms with Crippen LogP contribution in [0, 0.1) is 0 Å². The molecule has 7 heteroatoms. The summed E-state index contributed by atoms with van der Waals surface area (Å²) in [5.41, 5.74) is 1.12. The van der Waals surface area contributed by atoms with Crippen molar-refractivity contribution in [2.24, 2.45) is 0 Å². The molecule has 0 bridgehead atoms. The molecular formula is C17H22N4O3. The molecule has 1 atom stereocenters. The second-order valence-corrected chi connectivity index (χ2v) is 5.67. The molecule has 1 fully saturated rings. The van der Waals surface area contributed by atoms with E-state index >= 15 is 0 Å². The van der Waals surface area contributed by atoms with E-state index in [0.717, 1.165) is 31.6 Å². The molecule has 128 valence electrons. The predicted molar refractivity (Wildman–Crippen MR) is 88.1 cm³/mol. The number of para-hydroxylation sites is 1. The minimum Gasteiger partial charge on any atom is -0.379 e. The van der Waals surface area contributed by atoms with Crippen molar-refractivity contribution in [3.8, 4) is 5.69 Å². The Morgan fingerprint density at radius 3 is 3.04 bits per heavy atom. The first-order chi connectivity index (χ1) is 11.8. The highest BCUT2D eigenvalue weighted by Crippen LogP contribution is 2.11. The predicted octanol–water partition coefficient (Wildman–Crippen LogP) is 1.58. The zero-order valence-electron chi connectivity index (χ0n) is 13.6. The van der Waals surface area contributed by atoms with Gasteiger partial charge in [0, 0.05) is 19.8 Å². The number of hydrogen-bond acceptors (Lipinski definition) is 5. The van der Waals surface area contributed by atoms with Gasteiger partial charge in [-0.05, 0) is 31.4 Å². The summed E-state index contributed by atoms with van der Waals surface area (Å²) in [6.45, 7) is 2.63. The van der Waals surface area contributed by atoms with Crippen molar-refractivity contribution >= 4 is 5.91 Å². The van der Waals surface area contributed by atoms with Crippen molar-refractivity contribution in [3.05, 3.63) is 42.2 Å². The number of amides is 1. The fourth-order valence-electron chi connectivity index (χ4n) is 2.51. The lowest BCUT2D eigenvalue weighted by Gasteiger charge is -2.10. The van der Waals surface area contributed by atoms with Gasteiger partial charge in [-0.3, -0.25) is 4.79 Å². The molecule has 1 amide bonds. The zero-order chi connectivity index (χ0) is 16.6. The van der Waals surface area contributed by atoms with Crippen LogP contribution in [0.25, 0.3) is 5.69 Å². The molecule has 3 rings (SSSR count). The number of ether oxygens (including phenoxy) is 2. The highest BCUT2D eigenvalue weighted by atomic mass is 16.5. The second kappa shape index (κ2) is 8.56. The molecule has 2 heterocycles. The van der Waals surface area contributed by atoms with Crippen LogP contribution in [0.4, 0.5) is 0 Å². The number of aromatic nitrogens is 3. The molecule has 1 N–H and O–H groups in total. The van der Waals surface area contributed by atoms with Crippen LogP contribution in [0.3, 0.4) is 0 Å². The number of nitrogens with zero attached hydrogens (tertiary/aromatic N) is 3. The van der Waals surface area contributed by atoms with Gasteiger partial charge in [0.1, 0.15) is 0 Å². The van der Waals surface area contributed by atoms with E-state index in [0.29, 0.717) is 25.5 Å². The average Bonchev–Trinajstić information content (AvgIpc) is 3.30. The Morgan fingerprint density at radius 2 is 2.25 bits per heavy atom. The van der Waals surface area contributed by atoms with E-state index in [1.807, 2.05) is 30.3 Å². The topological polar surface area (TPSA) is 78.3 Å². The molecule has 1 unspecified atom stereocenters. The maximum atomic E-state index is 12.0. The van der Waals surface area contributed by atoms with E-state index in [1.54, 1.807) is 0 Å². The lowest BCUT2D eigenvalue weighted by atomic mass is 10.2. The summed E-state index contributed by atoms with van der Waals surface area (Å²) in [6, 6.07) is 9.48. The van der Waals surface area contributed by atoms with Crippen molar-refractivity contribution in [1.82, 2.24) is 20.3 Å². The highest BCUT2D eigenvalue weighted by molar-refractivity contribution is 5.91. The molecule has 0 saturated carbocycles. The van der Waals surface area contributed by atoms with Crippen LogP contribution in [0.1, 0.15) is 29.8 Å². The Balaban J connectivity index is 1.35. The lowest BCUT2D eigenvalue weighted by molar-refractivity contribution is 0.0166. The molecule has 0 radical (unpaired) electrons. The van der Waals surface area contributed by atoms with E-state index in [2.05, 4.69) is 15.5 Å². The van der Waals surface area contributed by atoms with E-state index in [9.17, 15) is 4.79 Å². The van der Waals surface area contributed by atoms with Crippen molar-refractivity contribution in [2.45, 2.75) is 25.4 Å². The summed E-state index contributed by atoms with van der Waals surface area (Å²) in [4.78, 5) is 13.5. The minimum absolute atomic E-state index is 0.226. The first kappa shape index (κ1) is 16.6. The molecule has 24 heavy (non-hydrogen) atoms. The molecule has 7 nitrogen and oxygen atoms in total. The minimum atomic E-state index is -0.226. The standard InChI is InChI=1S/C17H22N4O3/c22-17(18-9-5-10-23-13-15-8-4-11-24-15)16-12-19-21(20-16)14-6-2-1-3-7-14/h1-3,6-7,12,15H,4-5,8-11,13H2,(H,18,22). The van der Waals surface area contributed by atoms with E-state index in [-0.39, 0.29) is 12.0 Å². The van der Waals surface area contributed by atoms with Gasteiger partial charge in [-0.15, -0.1) is 5.10 Å². The number of nitrogens with one attached hydrogen (secondary N) is 1. The van der Waals surface area contributed by atoms with Gasteiger partial charge in [0.25, 0.3) is 5.91 Å². The van der Waals surface area contributed by atoms with Gasteiger partial charge in [0.15, 0.2) is 5.69 Å². The first-order valence-corrected chi connectivity index (χ1v) is 8.28. The molecule has 1 aliphatic rings. The number of benzene rings is 1. The van der Waals surface area contributed by atoms with Crippen LogP contribution < -0.4 is 5.32 Å². The summed E-state index contributed by atoms with van der Waals surface area (Å²) in [6.07, 6.45) is 4.66. The maximum Gasteiger partial charge on any atom is 0.273 e. The largest absolute Gasteiger partial charge is 0.379 e. The van der Waals surface area contributed by atoms with Gasteiger partial charge >= 0.3 is 0 Å². The fraction of sp³-hybridized carbons (Fsp3) is 0.471. The summed E-state index contributed by atoms with van der Waals surface area (Å²) < 4.78 is 11.0. The Morgan fingerprint density at radius 1 is 1.38 bits per heavy atom. The SMILES string of the molecule is O=C(NCCCOCC1CCCO1)c1cnn(-c2ccccc2)n1. The third-order valence-corrected chi connectivity index (χ3v) is 3.79. The summed E-state index contributed by atoms with van der Waals surface area (Å²) in [5.74, 6) is -0.226. The maximum absolute atomic E-state index is 12.0. The van der Waals surface area contributed by atoms with Gasteiger partial charge in [0.05, 0.1) is 24.6 Å². The van der Waals surface area contributed by atoms with Crippen molar-refractivity contribution in [1.29, 1.82) is 0 Å². The lowest BCUT2D eigenvalue weighted by Crippen LogP contribution is -2.26. The van der Waals surface area contributed by atoms with Crippen LogP contribution in [0.5, 0.6) is 0 Å². The monoisotopic (exact) mass is 330 g/mol. The Labute approximate surface area is 141 Å². The molecule has 1 aliphatic heterocycles. The quantitative estimate of drug-likeness (QED) is 0.744. The van der Waals surface area contributed by atoms with Crippen molar-refractivity contribution in [3.63, 3.8) is 0 Å². The third-order valence-electron chi connectivity index (χ3n) is 3.79. The Bertz CT molecular complexity index is 638. The van der Waals surface area contributed by atoms with E-state index < -0.39 is 0 Å². The molecule has 1 saturated heterocycles. The summed E-state index contributed by atoms with van der Waals surface area (Å²) in [7, 11) is 0. The first-order valence-electron chi connectivity index (χ1n) is 8.28. The number of hydrogen-bond donors (Lipinski definition) is 1. The third kappa shape index (κ3) is 4.62. The van der Waals surface area contributed by atoms with Gasteiger partial charge in [-0.2, -0.15) is 9.90 Å². The molecule has 1 aromatic carbocycles. The van der Waals surface area contributed by atoms with E-state index in [4.69, 9.17) is 9.47 Å². The van der Waals surface area contributed by atoms with Crippen LogP contribution in [0.2, 0.25) is 0 Å². The fourth-order valence-corrected chi connectivity index (χ4v) is 2.51. The van der Waals surface area contributed by atoms with Gasteiger partial charge in [-0.1, -0.05) is 18.2 Å². The number of carbonyl (C=O) groups excluding carboxylic acids is 1. The molecule has 2 aromatic rings. The summed E-state index contributed by atoms with van der Waals surface area (Å²) in [5, 5.41) is 11.1. The van der Waals surface area contributed by atoms with Gasteiger partial charge < -0.3 is 14.8 Å². The van der Waals surface area contributed by atoms with Crippen molar-refractivity contribution in [2.75, 3.05) is 26.4 Å². The summed E-state index contributed by atoms with van der Waals surface area (Å²) >= 11 is 0. The van der Waals surface area contributed by atoms with Crippen molar-refractivity contribution < 1.29 is 14.3 Å². The van der Waals surface area contributed by atoms with Gasteiger partial charge in [-0.25, -0.2) is 0 Å². The van der Waals surface area contributed by atoms with Crippen LogP contribution in [-0.2, 0) is 9.47 Å². The van der Waals surface area contributed by atoms with Crippen LogP contribution in [-0.4, -0.2) is 53.4 Å². The number of rotatable bonds is 8. The van der Waals surface area contributed by atoms with Crippen LogP contribution >= 0.6 is 0 Å². The Hall–Kier alpha value is -2.25. The zero-order valence-corrected chi connectivity index (χ0v) is 13.6. The normalized spacial score (nSPS) is 17.1. The second-order valence-electron chi connectivity index (χ2n) is 5.67. The van der Waals surface area contributed by atoms with Crippen LogP contribution in [0.15, 0.2) is 36.5 Å². The molecule has 0 aliphatic carbocycles. The molecule has 0 spiro atoms.